The number of aryl methyl sites for hydroxylation is 1. The lowest BCUT2D eigenvalue weighted by molar-refractivity contribution is 0.0974. The number of sulfonamides is 1. The average Bonchev–Trinajstić information content (AvgIpc) is 2.74. The number of carbonyl (C=O) groups is 1. The van der Waals surface area contributed by atoms with Gasteiger partial charge in [-0.3, -0.25) is 9.10 Å². The number of anilines is 2. The summed E-state index contributed by atoms with van der Waals surface area (Å²) in [6.07, 6.45) is 1.73. The van der Waals surface area contributed by atoms with E-state index in [1.54, 1.807) is 17.0 Å². The lowest BCUT2D eigenvalue weighted by atomic mass is 9.90. The minimum Gasteiger partial charge on any atom is -0.305 e. The molecule has 160 valence electrons. The van der Waals surface area contributed by atoms with Crippen LogP contribution in [0.25, 0.3) is 0 Å². The van der Waals surface area contributed by atoms with Crippen LogP contribution in [0.5, 0.6) is 0 Å². The molecule has 0 saturated heterocycles. The maximum absolute atomic E-state index is 13.4. The zero-order chi connectivity index (χ0) is 22.2. The quantitative estimate of drug-likeness (QED) is 0.584. The molecular formula is C25H26N2O3S. The molecule has 0 spiro atoms. The largest absolute Gasteiger partial charge is 0.305 e. The minimum atomic E-state index is -3.55. The highest BCUT2D eigenvalue weighted by Crippen LogP contribution is 2.43. The van der Waals surface area contributed by atoms with E-state index in [0.717, 1.165) is 16.8 Å². The Morgan fingerprint density at radius 3 is 2.19 bits per heavy atom. The fourth-order valence-electron chi connectivity index (χ4n) is 4.33. The minimum absolute atomic E-state index is 0.0796. The van der Waals surface area contributed by atoms with E-state index in [-0.39, 0.29) is 11.9 Å². The van der Waals surface area contributed by atoms with Gasteiger partial charge in [-0.25, -0.2) is 8.42 Å². The van der Waals surface area contributed by atoms with Gasteiger partial charge in [0.25, 0.3) is 5.91 Å². The Morgan fingerprint density at radius 2 is 1.55 bits per heavy atom. The average molecular weight is 435 g/mol. The van der Waals surface area contributed by atoms with E-state index < -0.39 is 16.1 Å². The van der Waals surface area contributed by atoms with Gasteiger partial charge in [-0.05, 0) is 56.2 Å². The topological polar surface area (TPSA) is 57.7 Å². The van der Waals surface area contributed by atoms with Crippen LogP contribution >= 0.6 is 0 Å². The van der Waals surface area contributed by atoms with Gasteiger partial charge in [-0.2, -0.15) is 0 Å². The Hall–Kier alpha value is -3.12. The fraction of sp³-hybridized carbons (Fsp3) is 0.240. The molecule has 0 fully saturated rings. The lowest BCUT2D eigenvalue weighted by Gasteiger charge is -2.43. The summed E-state index contributed by atoms with van der Waals surface area (Å²) in [5, 5.41) is 0. The Labute approximate surface area is 184 Å². The molecule has 1 amide bonds. The highest BCUT2D eigenvalue weighted by Gasteiger charge is 2.39. The van der Waals surface area contributed by atoms with Crippen molar-refractivity contribution in [1.82, 2.24) is 0 Å². The number of hydrogen-bond donors (Lipinski definition) is 0. The molecule has 0 saturated carbocycles. The molecule has 0 unspecified atom stereocenters. The van der Waals surface area contributed by atoms with Crippen molar-refractivity contribution >= 4 is 27.3 Å². The van der Waals surface area contributed by atoms with Crippen molar-refractivity contribution < 1.29 is 13.2 Å². The second kappa shape index (κ2) is 8.19. The molecule has 0 radical (unpaired) electrons. The molecule has 1 aliphatic rings. The molecule has 4 rings (SSSR count). The maximum atomic E-state index is 13.4. The van der Waals surface area contributed by atoms with Crippen LogP contribution in [0.15, 0.2) is 78.9 Å². The van der Waals surface area contributed by atoms with Gasteiger partial charge in [-0.1, -0.05) is 54.1 Å². The Balaban J connectivity index is 1.81. The normalized spacial score (nSPS) is 18.4. The summed E-state index contributed by atoms with van der Waals surface area (Å²) in [7, 11) is -3.55. The van der Waals surface area contributed by atoms with Crippen molar-refractivity contribution in [3.05, 3.63) is 95.6 Å². The molecule has 0 aliphatic carbocycles. The molecule has 3 aromatic carbocycles. The third-order valence-corrected chi connectivity index (χ3v) is 6.91. The van der Waals surface area contributed by atoms with Crippen LogP contribution in [0, 0.1) is 6.92 Å². The number of benzene rings is 3. The van der Waals surface area contributed by atoms with Gasteiger partial charge in [0.1, 0.15) is 0 Å². The third kappa shape index (κ3) is 4.08. The molecule has 1 aliphatic heterocycles. The first-order valence-electron chi connectivity index (χ1n) is 10.3. The SMILES string of the molecule is Cc1ccc(C(=O)N2c3ccccc3[C@@H](N(c3ccccc3)S(C)(=O)=O)C[C@H]2C)cc1. The molecule has 6 heteroatoms. The number of para-hydroxylation sites is 2. The van der Waals surface area contributed by atoms with Crippen LogP contribution < -0.4 is 9.21 Å². The van der Waals surface area contributed by atoms with E-state index in [0.29, 0.717) is 17.7 Å². The summed E-state index contributed by atoms with van der Waals surface area (Å²) in [6, 6.07) is 23.7. The van der Waals surface area contributed by atoms with Crippen LogP contribution in [-0.2, 0) is 10.0 Å². The zero-order valence-electron chi connectivity index (χ0n) is 17.9. The van der Waals surface area contributed by atoms with Crippen LogP contribution in [0.3, 0.4) is 0 Å². The third-order valence-electron chi connectivity index (χ3n) is 5.73. The van der Waals surface area contributed by atoms with Gasteiger partial charge in [-0.15, -0.1) is 0 Å². The summed E-state index contributed by atoms with van der Waals surface area (Å²) in [6.45, 7) is 3.96. The van der Waals surface area contributed by atoms with Crippen molar-refractivity contribution in [3.8, 4) is 0 Å². The summed E-state index contributed by atoms with van der Waals surface area (Å²) < 4.78 is 27.2. The van der Waals surface area contributed by atoms with E-state index in [1.807, 2.05) is 80.6 Å². The van der Waals surface area contributed by atoms with Crippen LogP contribution in [-0.4, -0.2) is 26.6 Å². The maximum Gasteiger partial charge on any atom is 0.258 e. The zero-order valence-corrected chi connectivity index (χ0v) is 18.7. The van der Waals surface area contributed by atoms with Gasteiger partial charge >= 0.3 is 0 Å². The predicted octanol–water partition coefficient (Wildman–Crippen LogP) is 4.94. The first-order valence-corrected chi connectivity index (χ1v) is 12.2. The smallest absolute Gasteiger partial charge is 0.258 e. The van der Waals surface area contributed by atoms with Crippen LogP contribution in [0.4, 0.5) is 11.4 Å². The Bertz CT molecular complexity index is 1190. The van der Waals surface area contributed by atoms with Crippen LogP contribution in [0.2, 0.25) is 0 Å². The van der Waals surface area contributed by atoms with Gasteiger partial charge in [0.15, 0.2) is 0 Å². The Morgan fingerprint density at radius 1 is 0.935 bits per heavy atom. The fourth-order valence-corrected chi connectivity index (χ4v) is 5.49. The number of carbonyl (C=O) groups excluding carboxylic acids is 1. The molecule has 0 aromatic heterocycles. The summed E-state index contributed by atoms with van der Waals surface area (Å²) in [4.78, 5) is 15.2. The van der Waals surface area contributed by atoms with Gasteiger partial charge in [0, 0.05) is 17.3 Å². The van der Waals surface area contributed by atoms with Gasteiger partial charge < -0.3 is 4.90 Å². The molecule has 1 heterocycles. The van der Waals surface area contributed by atoms with Crippen molar-refractivity contribution in [2.45, 2.75) is 32.4 Å². The summed E-state index contributed by atoms with van der Waals surface area (Å²) in [5.74, 6) is -0.0796. The number of amides is 1. The van der Waals surface area contributed by atoms with Gasteiger partial charge in [0.2, 0.25) is 10.0 Å². The Kier molecular flexibility index (Phi) is 5.58. The standard InChI is InChI=1S/C25H26N2O3S/c1-18-13-15-20(16-14-18)25(28)26-19(2)17-24(22-11-7-8-12-23(22)26)27(31(3,29)30)21-9-5-4-6-10-21/h4-16,19,24H,17H2,1-3H3/t19-,24+/m1/s1. The van der Waals surface area contributed by atoms with Crippen LogP contribution in [0.1, 0.15) is 40.9 Å². The van der Waals surface area contributed by atoms with E-state index in [1.165, 1.54) is 10.6 Å². The number of rotatable bonds is 4. The number of hydrogen-bond acceptors (Lipinski definition) is 3. The van der Waals surface area contributed by atoms with Crippen molar-refractivity contribution in [3.63, 3.8) is 0 Å². The van der Waals surface area contributed by atoms with Crippen molar-refractivity contribution in [2.75, 3.05) is 15.5 Å². The molecule has 3 aromatic rings. The van der Waals surface area contributed by atoms with E-state index >= 15 is 0 Å². The first kappa shape index (κ1) is 21.1. The highest BCUT2D eigenvalue weighted by atomic mass is 32.2. The highest BCUT2D eigenvalue weighted by molar-refractivity contribution is 7.92. The predicted molar refractivity (Wildman–Crippen MR) is 125 cm³/mol. The lowest BCUT2D eigenvalue weighted by Crippen LogP contribution is -2.47. The molecule has 0 N–H and O–H groups in total. The van der Waals surface area contributed by atoms with Crippen molar-refractivity contribution in [1.29, 1.82) is 0 Å². The molecule has 0 bridgehead atoms. The number of fused-ring (bicyclic) bond motifs is 1. The van der Waals surface area contributed by atoms with Gasteiger partial charge in [0.05, 0.1) is 18.0 Å². The number of nitrogens with zero attached hydrogens (tertiary/aromatic N) is 2. The molecule has 31 heavy (non-hydrogen) atoms. The second-order valence-electron chi connectivity index (χ2n) is 8.09. The van der Waals surface area contributed by atoms with E-state index in [4.69, 9.17) is 0 Å². The summed E-state index contributed by atoms with van der Waals surface area (Å²) >= 11 is 0. The second-order valence-corrected chi connectivity index (χ2v) is 9.95. The van der Waals surface area contributed by atoms with Crippen molar-refractivity contribution in [2.24, 2.45) is 0 Å². The molecule has 5 nitrogen and oxygen atoms in total. The monoisotopic (exact) mass is 434 g/mol. The summed E-state index contributed by atoms with van der Waals surface area (Å²) in [5.41, 5.74) is 3.91. The van der Waals surface area contributed by atoms with E-state index in [2.05, 4.69) is 0 Å². The first-order chi connectivity index (χ1) is 14.8. The molecule has 2 atom stereocenters. The van der Waals surface area contributed by atoms with E-state index in [9.17, 15) is 13.2 Å². The molecular weight excluding hydrogens is 408 g/mol.